The van der Waals surface area contributed by atoms with Crippen LogP contribution in [0.25, 0.3) is 0 Å². The molecular weight excluding hydrogens is 316 g/mol. The van der Waals surface area contributed by atoms with Gasteiger partial charge in [0.15, 0.2) is 0 Å². The molecule has 1 heterocycles. The molecule has 5 aliphatic rings. The number of ether oxygens (including phenoxy) is 2. The van der Waals surface area contributed by atoms with E-state index < -0.39 is 0 Å². The van der Waals surface area contributed by atoms with Gasteiger partial charge in [0.05, 0.1) is 11.8 Å². The third-order valence-corrected chi connectivity index (χ3v) is 7.87. The van der Waals surface area contributed by atoms with Crippen LogP contribution in [0.5, 0.6) is 0 Å². The minimum atomic E-state index is -0.160. The molecule has 0 amide bonds. The van der Waals surface area contributed by atoms with E-state index in [1.807, 2.05) is 0 Å². The summed E-state index contributed by atoms with van der Waals surface area (Å²) in [5.41, 5.74) is 0. The van der Waals surface area contributed by atoms with Crippen LogP contribution in [-0.2, 0) is 19.1 Å². The monoisotopic (exact) mass is 352 g/mol. The molecule has 5 rings (SSSR count). The number of rotatable bonds is 2. The summed E-state index contributed by atoms with van der Waals surface area (Å²) in [5, 5.41) is 0. The van der Waals surface area contributed by atoms with E-state index in [1.165, 1.54) is 6.42 Å². The van der Waals surface area contributed by atoms with Crippen LogP contribution < -0.4 is 0 Å². The van der Waals surface area contributed by atoms with Crippen LogP contribution in [-0.4, -0.2) is 24.1 Å². The normalized spacial score (nSPS) is 50.6. The molecule has 4 aliphatic carbocycles. The van der Waals surface area contributed by atoms with Gasteiger partial charge in [0.2, 0.25) is 0 Å². The highest BCUT2D eigenvalue weighted by molar-refractivity contribution is 5.77. The summed E-state index contributed by atoms with van der Waals surface area (Å²) in [6.45, 7) is 4.61. The van der Waals surface area contributed by atoms with Crippen molar-refractivity contribution in [2.24, 2.45) is 47.3 Å². The predicted octanol–water partition coefficient (Wildman–Crippen LogP) is 4.32. The van der Waals surface area contributed by atoms with E-state index in [2.05, 4.69) is 13.8 Å². The predicted molar refractivity (Wildman–Crippen MR) is 97.7 cm³/mol. The highest BCUT2D eigenvalue weighted by atomic mass is 16.6. The molecule has 25 heavy (non-hydrogen) atoms. The fourth-order valence-corrected chi connectivity index (χ4v) is 6.50. The standard InChI is InChI=1S/C18H24O4.3CH4/c1-7-8(2)11-3-9(7)4-13(11)17(19)21-15-10-5-12-14(6-10)18(20)22-16(12)15;;;/h7-16H,3-6H2,1-2H3;3*1H4. The lowest BCUT2D eigenvalue weighted by molar-refractivity contribution is -0.168. The molecule has 0 aromatic rings. The average molecular weight is 353 g/mol. The van der Waals surface area contributed by atoms with E-state index in [9.17, 15) is 9.59 Å². The molecule has 0 spiro atoms. The Bertz CT molecular complexity index is 542. The van der Waals surface area contributed by atoms with Crippen molar-refractivity contribution >= 4 is 11.9 Å². The largest absolute Gasteiger partial charge is 0.458 e. The van der Waals surface area contributed by atoms with E-state index in [0.717, 1.165) is 25.2 Å². The molecular formula is C21H36O4. The number of fused-ring (bicyclic) bond motifs is 3. The molecule has 0 aromatic heterocycles. The van der Waals surface area contributed by atoms with Gasteiger partial charge in [-0.15, -0.1) is 0 Å². The van der Waals surface area contributed by atoms with Gasteiger partial charge in [0, 0.05) is 11.8 Å². The highest BCUT2D eigenvalue weighted by Gasteiger charge is 2.63. The van der Waals surface area contributed by atoms with Gasteiger partial charge < -0.3 is 9.47 Å². The van der Waals surface area contributed by atoms with Crippen molar-refractivity contribution in [3.05, 3.63) is 0 Å². The Balaban J connectivity index is 0.000000751. The van der Waals surface area contributed by atoms with Crippen molar-refractivity contribution in [3.63, 3.8) is 0 Å². The Morgan fingerprint density at radius 1 is 0.960 bits per heavy atom. The fourth-order valence-electron chi connectivity index (χ4n) is 6.50. The Labute approximate surface area is 153 Å². The summed E-state index contributed by atoms with van der Waals surface area (Å²) in [6.07, 6.45) is 3.76. The number of hydrogen-bond acceptors (Lipinski definition) is 4. The molecule has 10 unspecified atom stereocenters. The number of hydrogen-bond donors (Lipinski definition) is 0. The Hall–Kier alpha value is -1.06. The van der Waals surface area contributed by atoms with Gasteiger partial charge in [0.25, 0.3) is 0 Å². The maximum Gasteiger partial charge on any atom is 0.309 e. The van der Waals surface area contributed by atoms with Crippen molar-refractivity contribution in [1.82, 2.24) is 0 Å². The first-order valence-corrected chi connectivity index (χ1v) is 8.95. The SMILES string of the molecule is C.C.C.CC1C2CC(C(=O)OC3C4CC5C(=O)OC3C5C4)C(C2)C1C. The Morgan fingerprint density at radius 2 is 1.64 bits per heavy atom. The van der Waals surface area contributed by atoms with Crippen molar-refractivity contribution in [1.29, 1.82) is 0 Å². The minimum absolute atomic E-state index is 0. The van der Waals surface area contributed by atoms with E-state index >= 15 is 0 Å². The van der Waals surface area contributed by atoms with E-state index in [4.69, 9.17) is 9.47 Å². The smallest absolute Gasteiger partial charge is 0.309 e. The second kappa shape index (κ2) is 6.59. The molecule has 4 bridgehead atoms. The van der Waals surface area contributed by atoms with Crippen LogP contribution in [0.4, 0.5) is 0 Å². The summed E-state index contributed by atoms with van der Waals surface area (Å²) < 4.78 is 11.4. The minimum Gasteiger partial charge on any atom is -0.458 e. The Morgan fingerprint density at radius 3 is 2.28 bits per heavy atom. The van der Waals surface area contributed by atoms with Crippen molar-refractivity contribution in [2.75, 3.05) is 0 Å². The van der Waals surface area contributed by atoms with E-state index in [1.54, 1.807) is 0 Å². The second-order valence-electron chi connectivity index (χ2n) is 8.52. The Kier molecular flexibility index (Phi) is 5.34. The number of esters is 2. The lowest BCUT2D eigenvalue weighted by atomic mass is 9.76. The van der Waals surface area contributed by atoms with Gasteiger partial charge in [-0.25, -0.2) is 0 Å². The third-order valence-electron chi connectivity index (χ3n) is 7.87. The second-order valence-corrected chi connectivity index (χ2v) is 8.52. The molecule has 4 heteroatoms. The molecule has 5 fully saturated rings. The van der Waals surface area contributed by atoms with Crippen LogP contribution in [0.1, 0.15) is 61.8 Å². The van der Waals surface area contributed by atoms with Gasteiger partial charge in [-0.05, 0) is 49.4 Å². The lowest BCUT2D eigenvalue weighted by Gasteiger charge is -2.32. The van der Waals surface area contributed by atoms with Crippen LogP contribution in [0.3, 0.4) is 0 Å². The quantitative estimate of drug-likeness (QED) is 0.695. The average Bonchev–Trinajstić information content (AvgIpc) is 3.23. The van der Waals surface area contributed by atoms with Gasteiger partial charge in [-0.3, -0.25) is 9.59 Å². The van der Waals surface area contributed by atoms with Crippen molar-refractivity contribution in [2.45, 2.75) is 74.0 Å². The highest BCUT2D eigenvalue weighted by Crippen LogP contribution is 2.57. The maximum absolute atomic E-state index is 12.7. The third kappa shape index (κ3) is 2.54. The first-order chi connectivity index (χ1) is 10.5. The molecule has 0 aromatic carbocycles. The molecule has 10 atom stereocenters. The van der Waals surface area contributed by atoms with Crippen molar-refractivity contribution < 1.29 is 19.1 Å². The molecule has 1 saturated heterocycles. The first kappa shape index (κ1) is 20.3. The van der Waals surface area contributed by atoms with Gasteiger partial charge in [0.1, 0.15) is 12.2 Å². The van der Waals surface area contributed by atoms with Gasteiger partial charge in [-0.1, -0.05) is 36.1 Å². The molecule has 4 saturated carbocycles. The zero-order valence-electron chi connectivity index (χ0n) is 13.2. The summed E-state index contributed by atoms with van der Waals surface area (Å²) in [7, 11) is 0. The van der Waals surface area contributed by atoms with Crippen LogP contribution in [0.2, 0.25) is 0 Å². The summed E-state index contributed by atoms with van der Waals surface area (Å²) in [6, 6.07) is 0. The first-order valence-electron chi connectivity index (χ1n) is 8.95. The molecule has 0 N–H and O–H groups in total. The lowest BCUT2D eigenvalue weighted by Crippen LogP contribution is -2.39. The van der Waals surface area contributed by atoms with Crippen LogP contribution in [0.15, 0.2) is 0 Å². The molecule has 1 aliphatic heterocycles. The summed E-state index contributed by atoms with van der Waals surface area (Å²) in [4.78, 5) is 24.5. The zero-order chi connectivity index (χ0) is 15.2. The molecule has 144 valence electrons. The molecule has 4 nitrogen and oxygen atoms in total. The number of carbonyl (C=O) groups is 2. The maximum atomic E-state index is 12.7. The van der Waals surface area contributed by atoms with Gasteiger partial charge in [-0.2, -0.15) is 0 Å². The number of carbonyl (C=O) groups excluding carboxylic acids is 2. The summed E-state index contributed by atoms with van der Waals surface area (Å²) in [5.74, 6) is 3.35. The van der Waals surface area contributed by atoms with Crippen molar-refractivity contribution in [3.8, 4) is 0 Å². The molecule has 0 radical (unpaired) electrons. The van der Waals surface area contributed by atoms with E-state index in [-0.39, 0.29) is 58.3 Å². The zero-order valence-corrected chi connectivity index (χ0v) is 13.2. The van der Waals surface area contributed by atoms with E-state index in [0.29, 0.717) is 29.6 Å². The summed E-state index contributed by atoms with van der Waals surface area (Å²) >= 11 is 0. The van der Waals surface area contributed by atoms with Gasteiger partial charge >= 0.3 is 11.9 Å². The van der Waals surface area contributed by atoms with Crippen LogP contribution >= 0.6 is 0 Å². The van der Waals surface area contributed by atoms with Crippen LogP contribution in [0, 0.1) is 47.3 Å². The topological polar surface area (TPSA) is 52.6 Å². The fraction of sp³-hybridized carbons (Fsp3) is 0.905.